The number of nitrogens with zero attached hydrogens (tertiary/aromatic N) is 1. The molecule has 0 saturated carbocycles. The molecule has 1 fully saturated rings. The van der Waals surface area contributed by atoms with Gasteiger partial charge in [-0.3, -0.25) is 4.79 Å². The van der Waals surface area contributed by atoms with Gasteiger partial charge in [-0.25, -0.2) is 0 Å². The first-order valence-corrected chi connectivity index (χ1v) is 7.36. The summed E-state index contributed by atoms with van der Waals surface area (Å²) in [6, 6.07) is 7.88. The maximum Gasteiger partial charge on any atom is 0.225 e. The minimum absolute atomic E-state index is 0. The molecular formula is C14H20BrClN2O2. The van der Waals surface area contributed by atoms with Crippen LogP contribution in [0.5, 0.6) is 5.75 Å². The highest BCUT2D eigenvalue weighted by atomic mass is 79.9. The van der Waals surface area contributed by atoms with Gasteiger partial charge in [0.25, 0.3) is 0 Å². The van der Waals surface area contributed by atoms with Crippen molar-refractivity contribution in [2.45, 2.75) is 25.3 Å². The third kappa shape index (κ3) is 5.31. The zero-order valence-electron chi connectivity index (χ0n) is 11.3. The van der Waals surface area contributed by atoms with Gasteiger partial charge in [0.1, 0.15) is 5.75 Å². The Balaban J connectivity index is 0.00000200. The first-order chi connectivity index (χ1) is 9.15. The number of hydrogen-bond donors (Lipinski definition) is 1. The summed E-state index contributed by atoms with van der Waals surface area (Å²) in [5.74, 6) is 0.935. The smallest absolute Gasteiger partial charge is 0.225 e. The number of carbonyl (C=O) groups is 1. The molecule has 1 amide bonds. The molecule has 2 N–H and O–H groups in total. The standard InChI is InChI=1S/C14H19BrN2O2.ClH/c15-11-2-1-3-13(10-11)19-9-6-14(18)17-7-4-12(16)5-8-17;/h1-3,10,12H,4-9,16H2;1H. The van der Waals surface area contributed by atoms with E-state index in [2.05, 4.69) is 15.9 Å². The van der Waals surface area contributed by atoms with Crippen LogP contribution in [0.15, 0.2) is 28.7 Å². The number of nitrogens with two attached hydrogens (primary N) is 1. The maximum atomic E-state index is 12.0. The molecule has 1 saturated heterocycles. The summed E-state index contributed by atoms with van der Waals surface area (Å²) in [5.41, 5.74) is 5.82. The second kappa shape index (κ2) is 8.49. The van der Waals surface area contributed by atoms with Crippen molar-refractivity contribution in [3.63, 3.8) is 0 Å². The molecule has 6 heteroatoms. The molecule has 0 spiro atoms. The summed E-state index contributed by atoms with van der Waals surface area (Å²) in [5, 5.41) is 0. The summed E-state index contributed by atoms with van der Waals surface area (Å²) in [4.78, 5) is 13.8. The number of halogens is 2. The predicted octanol–water partition coefficient (Wildman–Crippen LogP) is 2.59. The molecule has 1 aromatic carbocycles. The van der Waals surface area contributed by atoms with Crippen LogP contribution in [0.1, 0.15) is 19.3 Å². The van der Waals surface area contributed by atoms with Crippen molar-refractivity contribution in [2.24, 2.45) is 5.73 Å². The number of benzene rings is 1. The van der Waals surface area contributed by atoms with E-state index in [1.54, 1.807) is 0 Å². The molecular weight excluding hydrogens is 344 g/mol. The normalized spacial score (nSPS) is 15.6. The van der Waals surface area contributed by atoms with Gasteiger partial charge in [-0.15, -0.1) is 12.4 Å². The van der Waals surface area contributed by atoms with E-state index < -0.39 is 0 Å². The van der Waals surface area contributed by atoms with Crippen LogP contribution in [0.4, 0.5) is 0 Å². The zero-order chi connectivity index (χ0) is 13.7. The fourth-order valence-corrected chi connectivity index (χ4v) is 2.50. The molecule has 0 atom stereocenters. The van der Waals surface area contributed by atoms with Crippen LogP contribution in [0.3, 0.4) is 0 Å². The van der Waals surface area contributed by atoms with Crippen LogP contribution >= 0.6 is 28.3 Å². The van der Waals surface area contributed by atoms with E-state index in [0.29, 0.717) is 13.0 Å². The molecule has 1 aliphatic heterocycles. The topological polar surface area (TPSA) is 55.6 Å². The Morgan fingerprint density at radius 1 is 1.40 bits per heavy atom. The number of hydrogen-bond acceptors (Lipinski definition) is 3. The van der Waals surface area contributed by atoms with Gasteiger partial charge in [0.2, 0.25) is 5.91 Å². The quantitative estimate of drug-likeness (QED) is 0.894. The van der Waals surface area contributed by atoms with E-state index in [1.165, 1.54) is 0 Å². The van der Waals surface area contributed by atoms with Crippen LogP contribution in [-0.2, 0) is 4.79 Å². The van der Waals surface area contributed by atoms with Gasteiger partial charge in [0, 0.05) is 23.6 Å². The lowest BCUT2D eigenvalue weighted by Gasteiger charge is -2.30. The van der Waals surface area contributed by atoms with Crippen LogP contribution < -0.4 is 10.5 Å². The van der Waals surface area contributed by atoms with E-state index in [4.69, 9.17) is 10.5 Å². The Hall–Kier alpha value is -0.780. The van der Waals surface area contributed by atoms with Crippen LogP contribution in [0, 0.1) is 0 Å². The molecule has 1 aromatic rings. The Labute approximate surface area is 134 Å². The highest BCUT2D eigenvalue weighted by Gasteiger charge is 2.20. The van der Waals surface area contributed by atoms with E-state index >= 15 is 0 Å². The van der Waals surface area contributed by atoms with Gasteiger partial charge < -0.3 is 15.4 Å². The highest BCUT2D eigenvalue weighted by Crippen LogP contribution is 2.18. The second-order valence-corrected chi connectivity index (χ2v) is 5.69. The molecule has 20 heavy (non-hydrogen) atoms. The highest BCUT2D eigenvalue weighted by molar-refractivity contribution is 9.10. The molecule has 0 unspecified atom stereocenters. The molecule has 2 rings (SSSR count). The Morgan fingerprint density at radius 3 is 2.75 bits per heavy atom. The molecule has 0 bridgehead atoms. The summed E-state index contributed by atoms with van der Waals surface area (Å²) in [6.07, 6.45) is 2.22. The summed E-state index contributed by atoms with van der Waals surface area (Å²) >= 11 is 3.38. The zero-order valence-corrected chi connectivity index (χ0v) is 13.7. The van der Waals surface area contributed by atoms with Crippen molar-refractivity contribution in [2.75, 3.05) is 19.7 Å². The van der Waals surface area contributed by atoms with Crippen LogP contribution in [-0.4, -0.2) is 36.5 Å². The van der Waals surface area contributed by atoms with E-state index in [-0.39, 0.29) is 24.4 Å². The van der Waals surface area contributed by atoms with Gasteiger partial charge in [-0.2, -0.15) is 0 Å². The number of likely N-dealkylation sites (tertiary alicyclic amines) is 1. The number of ether oxygens (including phenoxy) is 1. The molecule has 0 aromatic heterocycles. The van der Waals surface area contributed by atoms with Gasteiger partial charge in [-0.1, -0.05) is 22.0 Å². The monoisotopic (exact) mass is 362 g/mol. The summed E-state index contributed by atoms with van der Waals surface area (Å²) in [6.45, 7) is 1.96. The number of piperidine rings is 1. The van der Waals surface area contributed by atoms with E-state index in [0.717, 1.165) is 36.2 Å². The minimum Gasteiger partial charge on any atom is -0.493 e. The lowest BCUT2D eigenvalue weighted by atomic mass is 10.1. The number of rotatable bonds is 4. The Kier molecular flexibility index (Phi) is 7.34. The minimum atomic E-state index is 0. The molecule has 1 heterocycles. The van der Waals surface area contributed by atoms with Crippen molar-refractivity contribution in [3.8, 4) is 5.75 Å². The Morgan fingerprint density at radius 2 is 2.10 bits per heavy atom. The van der Waals surface area contributed by atoms with Crippen molar-refractivity contribution in [1.82, 2.24) is 4.90 Å². The van der Waals surface area contributed by atoms with Gasteiger partial charge in [0.05, 0.1) is 13.0 Å². The average Bonchev–Trinajstić information content (AvgIpc) is 2.39. The largest absolute Gasteiger partial charge is 0.493 e. The second-order valence-electron chi connectivity index (χ2n) is 4.77. The molecule has 1 aliphatic rings. The van der Waals surface area contributed by atoms with Crippen molar-refractivity contribution < 1.29 is 9.53 Å². The fourth-order valence-electron chi connectivity index (χ4n) is 2.12. The average molecular weight is 364 g/mol. The SMILES string of the molecule is Cl.NC1CCN(C(=O)CCOc2cccc(Br)c2)CC1. The first kappa shape index (κ1) is 17.3. The van der Waals surface area contributed by atoms with Crippen LogP contribution in [0.25, 0.3) is 0 Å². The van der Waals surface area contributed by atoms with Gasteiger partial charge in [0.15, 0.2) is 0 Å². The molecule has 4 nitrogen and oxygen atoms in total. The maximum absolute atomic E-state index is 12.0. The number of carbonyl (C=O) groups excluding carboxylic acids is 1. The molecule has 0 aliphatic carbocycles. The Bertz CT molecular complexity index is 437. The lowest BCUT2D eigenvalue weighted by molar-refractivity contribution is -0.132. The number of amides is 1. The molecule has 0 radical (unpaired) electrons. The van der Waals surface area contributed by atoms with E-state index in [9.17, 15) is 4.79 Å². The first-order valence-electron chi connectivity index (χ1n) is 6.57. The van der Waals surface area contributed by atoms with E-state index in [1.807, 2.05) is 29.2 Å². The van der Waals surface area contributed by atoms with Gasteiger partial charge >= 0.3 is 0 Å². The third-order valence-electron chi connectivity index (χ3n) is 3.27. The summed E-state index contributed by atoms with van der Waals surface area (Å²) in [7, 11) is 0. The van der Waals surface area contributed by atoms with Crippen molar-refractivity contribution >= 4 is 34.2 Å². The van der Waals surface area contributed by atoms with Crippen molar-refractivity contribution in [1.29, 1.82) is 0 Å². The fraction of sp³-hybridized carbons (Fsp3) is 0.500. The van der Waals surface area contributed by atoms with Crippen molar-refractivity contribution in [3.05, 3.63) is 28.7 Å². The van der Waals surface area contributed by atoms with Gasteiger partial charge in [-0.05, 0) is 31.0 Å². The third-order valence-corrected chi connectivity index (χ3v) is 3.77. The van der Waals surface area contributed by atoms with Crippen LogP contribution in [0.2, 0.25) is 0 Å². The predicted molar refractivity (Wildman–Crippen MR) is 85.3 cm³/mol. The molecule has 112 valence electrons. The summed E-state index contributed by atoms with van der Waals surface area (Å²) < 4.78 is 6.54. The lowest BCUT2D eigenvalue weighted by Crippen LogP contribution is -2.43.